The minimum atomic E-state index is 0.314. The second-order valence-electron chi connectivity index (χ2n) is 8.14. The molecule has 1 aliphatic carbocycles. The molecule has 148 valence electrons. The number of hydrogen-bond acceptors (Lipinski definition) is 5. The molecule has 6 heteroatoms. The molecule has 1 aromatic heterocycles. The fourth-order valence-electron chi connectivity index (χ4n) is 4.28. The maximum Gasteiger partial charge on any atom is 0.223 e. The number of nitrogens with zero attached hydrogens (tertiary/aromatic N) is 4. The van der Waals surface area contributed by atoms with Crippen LogP contribution >= 0.6 is 0 Å². The Kier molecular flexibility index (Phi) is 5.46. The zero-order chi connectivity index (χ0) is 19.5. The van der Waals surface area contributed by atoms with E-state index in [1.165, 1.54) is 25.7 Å². The van der Waals surface area contributed by atoms with E-state index in [0.717, 1.165) is 30.0 Å². The summed E-state index contributed by atoms with van der Waals surface area (Å²) in [6.07, 6.45) is 7.28. The maximum absolute atomic E-state index is 12.4. The van der Waals surface area contributed by atoms with Crippen molar-refractivity contribution in [1.82, 2.24) is 14.9 Å². The van der Waals surface area contributed by atoms with Crippen molar-refractivity contribution in [1.29, 1.82) is 0 Å². The molecule has 0 bridgehead atoms. The molecular weight excluding hydrogens is 350 g/mol. The summed E-state index contributed by atoms with van der Waals surface area (Å²) in [5.41, 5.74) is 3.13. The van der Waals surface area contributed by atoms with Crippen molar-refractivity contribution in [3.8, 4) is 11.3 Å². The molecule has 1 aliphatic heterocycles. The van der Waals surface area contributed by atoms with Crippen LogP contribution in [0.15, 0.2) is 36.5 Å². The molecule has 0 spiro atoms. The summed E-state index contributed by atoms with van der Waals surface area (Å²) >= 11 is 0. The van der Waals surface area contributed by atoms with Crippen molar-refractivity contribution < 1.29 is 4.79 Å². The molecule has 2 aromatic rings. The number of hydrogen-bond donors (Lipinski definition) is 1. The van der Waals surface area contributed by atoms with Crippen LogP contribution in [-0.2, 0) is 4.79 Å². The molecule has 28 heavy (non-hydrogen) atoms. The molecule has 1 saturated carbocycles. The molecular formula is C22H29N5O. The average molecular weight is 380 g/mol. The van der Waals surface area contributed by atoms with Gasteiger partial charge < -0.3 is 15.1 Å². The number of nitrogens with one attached hydrogen (secondary N) is 1. The lowest BCUT2D eigenvalue weighted by molar-refractivity contribution is -0.129. The van der Waals surface area contributed by atoms with E-state index < -0.39 is 0 Å². The fourth-order valence-corrected chi connectivity index (χ4v) is 4.28. The van der Waals surface area contributed by atoms with Crippen LogP contribution in [0, 0.1) is 5.92 Å². The van der Waals surface area contributed by atoms with Gasteiger partial charge in [0, 0.05) is 63.0 Å². The lowest BCUT2D eigenvalue weighted by Crippen LogP contribution is -2.34. The third kappa shape index (κ3) is 4.11. The summed E-state index contributed by atoms with van der Waals surface area (Å²) in [5.74, 6) is 1.27. The molecule has 2 heterocycles. The van der Waals surface area contributed by atoms with E-state index in [9.17, 15) is 4.79 Å². The summed E-state index contributed by atoms with van der Waals surface area (Å²) in [4.78, 5) is 25.6. The van der Waals surface area contributed by atoms with Crippen molar-refractivity contribution in [2.45, 2.75) is 38.1 Å². The molecule has 1 N–H and O–H groups in total. The fraction of sp³-hybridized carbons (Fsp3) is 0.500. The third-order valence-electron chi connectivity index (χ3n) is 5.89. The first-order valence-electron chi connectivity index (χ1n) is 10.2. The smallest absolute Gasteiger partial charge is 0.223 e. The summed E-state index contributed by atoms with van der Waals surface area (Å²) in [6.45, 7) is 1.60. The van der Waals surface area contributed by atoms with Crippen molar-refractivity contribution in [2.24, 2.45) is 5.92 Å². The highest BCUT2D eigenvalue weighted by molar-refractivity contribution is 5.79. The molecule has 1 atom stereocenters. The number of amides is 1. The van der Waals surface area contributed by atoms with Gasteiger partial charge in [0.15, 0.2) is 0 Å². The summed E-state index contributed by atoms with van der Waals surface area (Å²) in [5, 5.41) is 3.35. The maximum atomic E-state index is 12.4. The molecule has 2 aliphatic rings. The van der Waals surface area contributed by atoms with E-state index >= 15 is 0 Å². The highest BCUT2D eigenvalue weighted by Crippen LogP contribution is 2.29. The second-order valence-corrected chi connectivity index (χ2v) is 8.14. The van der Waals surface area contributed by atoms with Gasteiger partial charge in [-0.2, -0.15) is 0 Å². The van der Waals surface area contributed by atoms with Crippen LogP contribution in [-0.4, -0.2) is 54.0 Å². The molecule has 1 amide bonds. The topological polar surface area (TPSA) is 61.4 Å². The number of carbonyl (C=O) groups excluding carboxylic acids is 1. The van der Waals surface area contributed by atoms with Crippen molar-refractivity contribution in [2.75, 3.05) is 37.4 Å². The van der Waals surface area contributed by atoms with Crippen molar-refractivity contribution in [3.63, 3.8) is 0 Å². The van der Waals surface area contributed by atoms with Gasteiger partial charge in [0.25, 0.3) is 0 Å². The summed E-state index contributed by atoms with van der Waals surface area (Å²) < 4.78 is 0. The van der Waals surface area contributed by atoms with Gasteiger partial charge in [0.2, 0.25) is 11.9 Å². The average Bonchev–Trinajstić information content (AvgIpc) is 3.36. The Morgan fingerprint density at radius 3 is 2.61 bits per heavy atom. The van der Waals surface area contributed by atoms with Crippen LogP contribution in [0.2, 0.25) is 0 Å². The molecule has 1 aromatic carbocycles. The standard InChI is InChI=1S/C22H29N5O/c1-26(2)18-9-7-17(8-10-18)20-11-12-23-22(25-20)24-14-16-13-21(28)27(15-16)19-5-3-4-6-19/h7-12,16,19H,3-6,13-15H2,1-2H3,(H,23,24,25). The molecule has 4 rings (SSSR count). The summed E-state index contributed by atoms with van der Waals surface area (Å²) in [7, 11) is 4.06. The highest BCUT2D eigenvalue weighted by Gasteiger charge is 2.35. The lowest BCUT2D eigenvalue weighted by atomic mass is 10.1. The Morgan fingerprint density at radius 1 is 1.14 bits per heavy atom. The Hall–Kier alpha value is -2.63. The Bertz CT molecular complexity index is 814. The van der Waals surface area contributed by atoms with Gasteiger partial charge in [-0.15, -0.1) is 0 Å². The van der Waals surface area contributed by atoms with E-state index in [2.05, 4.69) is 49.4 Å². The van der Waals surface area contributed by atoms with Gasteiger partial charge in [-0.25, -0.2) is 9.97 Å². The largest absolute Gasteiger partial charge is 0.378 e. The van der Waals surface area contributed by atoms with Gasteiger partial charge in [-0.3, -0.25) is 4.79 Å². The second kappa shape index (κ2) is 8.17. The van der Waals surface area contributed by atoms with Gasteiger partial charge >= 0.3 is 0 Å². The van der Waals surface area contributed by atoms with Gasteiger partial charge in [-0.05, 0) is 31.0 Å². The van der Waals surface area contributed by atoms with Gasteiger partial charge in [-0.1, -0.05) is 25.0 Å². The van der Waals surface area contributed by atoms with Crippen molar-refractivity contribution >= 4 is 17.5 Å². The van der Waals surface area contributed by atoms with E-state index in [0.29, 0.717) is 30.2 Å². The third-order valence-corrected chi connectivity index (χ3v) is 5.89. The lowest BCUT2D eigenvalue weighted by Gasteiger charge is -2.24. The molecule has 1 saturated heterocycles. The number of carbonyl (C=O) groups is 1. The Labute approximate surface area is 167 Å². The number of anilines is 2. The first-order valence-corrected chi connectivity index (χ1v) is 10.2. The van der Waals surface area contributed by atoms with E-state index in [1.54, 1.807) is 6.20 Å². The minimum absolute atomic E-state index is 0.314. The predicted molar refractivity (Wildman–Crippen MR) is 112 cm³/mol. The van der Waals surface area contributed by atoms with Crippen LogP contribution in [0.4, 0.5) is 11.6 Å². The van der Waals surface area contributed by atoms with Gasteiger partial charge in [0.1, 0.15) is 0 Å². The highest BCUT2D eigenvalue weighted by atomic mass is 16.2. The zero-order valence-electron chi connectivity index (χ0n) is 16.8. The Morgan fingerprint density at radius 2 is 1.89 bits per heavy atom. The first kappa shape index (κ1) is 18.7. The van der Waals surface area contributed by atoms with Crippen LogP contribution in [0.1, 0.15) is 32.1 Å². The van der Waals surface area contributed by atoms with Gasteiger partial charge in [0.05, 0.1) is 5.69 Å². The van der Waals surface area contributed by atoms with Crippen LogP contribution in [0.5, 0.6) is 0 Å². The van der Waals surface area contributed by atoms with Crippen LogP contribution < -0.4 is 10.2 Å². The monoisotopic (exact) mass is 379 g/mol. The predicted octanol–water partition coefficient (Wildman–Crippen LogP) is 3.41. The summed E-state index contributed by atoms with van der Waals surface area (Å²) in [6, 6.07) is 10.7. The number of benzene rings is 1. The molecule has 6 nitrogen and oxygen atoms in total. The number of likely N-dealkylation sites (tertiary alicyclic amines) is 1. The van der Waals surface area contributed by atoms with E-state index in [-0.39, 0.29) is 0 Å². The molecule has 2 fully saturated rings. The normalized spacial score (nSPS) is 20.0. The Balaban J connectivity index is 1.37. The molecule has 1 unspecified atom stereocenters. The SMILES string of the molecule is CN(C)c1ccc(-c2ccnc(NCC3CC(=O)N(C4CCCC4)C3)n2)cc1. The van der Waals surface area contributed by atoms with Crippen LogP contribution in [0.25, 0.3) is 11.3 Å². The van der Waals surface area contributed by atoms with Crippen molar-refractivity contribution in [3.05, 3.63) is 36.5 Å². The number of rotatable bonds is 6. The molecule has 0 radical (unpaired) electrons. The quantitative estimate of drug-likeness (QED) is 0.833. The minimum Gasteiger partial charge on any atom is -0.378 e. The number of aromatic nitrogens is 2. The van der Waals surface area contributed by atoms with Crippen LogP contribution in [0.3, 0.4) is 0 Å². The van der Waals surface area contributed by atoms with E-state index in [4.69, 9.17) is 0 Å². The first-order chi connectivity index (χ1) is 13.6. The zero-order valence-corrected chi connectivity index (χ0v) is 16.8. The van der Waals surface area contributed by atoms with E-state index in [1.807, 2.05) is 20.2 Å².